The van der Waals surface area contributed by atoms with Crippen LogP contribution in [-0.4, -0.2) is 23.1 Å². The van der Waals surface area contributed by atoms with Crippen LogP contribution in [0.3, 0.4) is 0 Å². The van der Waals surface area contributed by atoms with Gasteiger partial charge in [0.15, 0.2) is 5.82 Å². The number of anilines is 1. The zero-order chi connectivity index (χ0) is 10.8. The maximum atomic E-state index is 10.6. The van der Waals surface area contributed by atoms with E-state index in [0.717, 1.165) is 13.0 Å². The lowest BCUT2D eigenvalue weighted by Crippen LogP contribution is -2.17. The highest BCUT2D eigenvalue weighted by Crippen LogP contribution is 2.22. The molecule has 2 rings (SSSR count). The summed E-state index contributed by atoms with van der Waals surface area (Å²) in [7, 11) is 0. The van der Waals surface area contributed by atoms with Gasteiger partial charge < -0.3 is 0 Å². The van der Waals surface area contributed by atoms with E-state index in [2.05, 4.69) is 4.98 Å². The molecule has 0 unspecified atom stereocenters. The first-order valence-electron chi connectivity index (χ1n) is 4.71. The highest BCUT2D eigenvalue weighted by atomic mass is 16.7. The lowest BCUT2D eigenvalue weighted by Gasteiger charge is -2.14. The van der Waals surface area contributed by atoms with Gasteiger partial charge >= 0.3 is 0 Å². The normalized spacial score (nSPS) is 15.7. The Morgan fingerprint density at radius 2 is 2.40 bits per heavy atom. The monoisotopic (exact) mass is 209 g/mol. The predicted octanol–water partition coefficient (Wildman–Crippen LogP) is 1.44. The average Bonchev–Trinajstić information content (AvgIpc) is 2.69. The Hall–Kier alpha value is -1.69. The molecule has 0 bridgehead atoms. The first-order valence-corrected chi connectivity index (χ1v) is 4.71. The number of hydroxylamine groups is 1. The van der Waals surface area contributed by atoms with Gasteiger partial charge in [-0.05, 0) is 19.4 Å². The smallest absolute Gasteiger partial charge is 0.272 e. The van der Waals surface area contributed by atoms with Gasteiger partial charge in [0.25, 0.3) is 5.69 Å². The third kappa shape index (κ3) is 1.89. The van der Waals surface area contributed by atoms with Crippen molar-refractivity contribution < 1.29 is 9.76 Å². The fraction of sp³-hybridized carbons (Fsp3) is 0.444. The van der Waals surface area contributed by atoms with Crippen molar-refractivity contribution in [2.45, 2.75) is 13.3 Å². The number of aromatic nitrogens is 1. The number of nitrogens with zero attached hydrogens (tertiary/aromatic N) is 3. The van der Waals surface area contributed by atoms with Crippen molar-refractivity contribution in [1.82, 2.24) is 4.98 Å². The highest BCUT2D eigenvalue weighted by molar-refractivity contribution is 5.45. The molecule has 0 N–H and O–H groups in total. The zero-order valence-corrected chi connectivity index (χ0v) is 8.34. The Morgan fingerprint density at radius 3 is 2.93 bits per heavy atom. The summed E-state index contributed by atoms with van der Waals surface area (Å²) in [5.74, 6) is 0.635. The number of nitro groups is 1. The van der Waals surface area contributed by atoms with E-state index in [0.29, 0.717) is 18.1 Å². The number of hydrogen-bond acceptors (Lipinski definition) is 5. The summed E-state index contributed by atoms with van der Waals surface area (Å²) in [6.45, 7) is 3.08. The van der Waals surface area contributed by atoms with Crippen LogP contribution in [0.1, 0.15) is 12.1 Å². The van der Waals surface area contributed by atoms with E-state index < -0.39 is 4.92 Å². The van der Waals surface area contributed by atoms with Crippen molar-refractivity contribution in [2.24, 2.45) is 0 Å². The molecule has 1 aromatic heterocycles. The summed E-state index contributed by atoms with van der Waals surface area (Å²) < 4.78 is 0. The van der Waals surface area contributed by atoms with Gasteiger partial charge in [-0.3, -0.25) is 15.0 Å². The van der Waals surface area contributed by atoms with Crippen molar-refractivity contribution in [2.75, 3.05) is 18.2 Å². The Balaban J connectivity index is 2.28. The number of hydrogen-bond donors (Lipinski definition) is 0. The van der Waals surface area contributed by atoms with Crippen LogP contribution in [0, 0.1) is 17.0 Å². The second-order valence-electron chi connectivity index (χ2n) is 3.32. The molecule has 6 nitrogen and oxygen atoms in total. The first-order chi connectivity index (χ1) is 7.18. The minimum absolute atomic E-state index is 0.0398. The highest BCUT2D eigenvalue weighted by Gasteiger charge is 2.18. The molecule has 0 atom stereocenters. The average molecular weight is 209 g/mol. The van der Waals surface area contributed by atoms with Crippen molar-refractivity contribution in [1.29, 1.82) is 0 Å². The molecule has 0 saturated carbocycles. The molecule has 1 saturated heterocycles. The van der Waals surface area contributed by atoms with Crippen LogP contribution in [0.4, 0.5) is 11.5 Å². The number of pyridine rings is 1. The van der Waals surface area contributed by atoms with Gasteiger partial charge in [-0.15, -0.1) is 0 Å². The molecule has 0 spiro atoms. The van der Waals surface area contributed by atoms with Crippen molar-refractivity contribution >= 4 is 11.5 Å². The molecule has 6 heteroatoms. The van der Waals surface area contributed by atoms with E-state index >= 15 is 0 Å². The second-order valence-corrected chi connectivity index (χ2v) is 3.32. The predicted molar refractivity (Wildman–Crippen MR) is 53.5 cm³/mol. The van der Waals surface area contributed by atoms with Gasteiger partial charge in [0.05, 0.1) is 11.5 Å². The van der Waals surface area contributed by atoms with Crippen LogP contribution in [0.5, 0.6) is 0 Å². The van der Waals surface area contributed by atoms with Crippen molar-refractivity contribution in [3.8, 4) is 0 Å². The van der Waals surface area contributed by atoms with Gasteiger partial charge in [0, 0.05) is 12.6 Å². The van der Waals surface area contributed by atoms with Gasteiger partial charge in [-0.2, -0.15) is 0 Å². The summed E-state index contributed by atoms with van der Waals surface area (Å²) in [5.41, 5.74) is 0.450. The molecule has 0 amide bonds. The van der Waals surface area contributed by atoms with Gasteiger partial charge in [0.2, 0.25) is 0 Å². The molecule has 80 valence electrons. The quantitative estimate of drug-likeness (QED) is 0.544. The number of aryl methyl sites for hydroxylation is 1. The van der Waals surface area contributed by atoms with E-state index in [9.17, 15) is 10.1 Å². The molecule has 0 aliphatic carbocycles. The fourth-order valence-corrected chi connectivity index (χ4v) is 1.50. The Bertz CT molecular complexity index is 388. The molecule has 0 aromatic carbocycles. The van der Waals surface area contributed by atoms with Crippen LogP contribution in [-0.2, 0) is 4.84 Å². The van der Waals surface area contributed by atoms with E-state index in [1.54, 1.807) is 18.1 Å². The van der Waals surface area contributed by atoms with Crippen LogP contribution < -0.4 is 5.06 Å². The lowest BCUT2D eigenvalue weighted by molar-refractivity contribution is -0.385. The topological polar surface area (TPSA) is 68.5 Å². The van der Waals surface area contributed by atoms with Crippen LogP contribution >= 0.6 is 0 Å². The van der Waals surface area contributed by atoms with E-state index in [-0.39, 0.29) is 5.69 Å². The minimum Gasteiger partial charge on any atom is -0.272 e. The summed E-state index contributed by atoms with van der Waals surface area (Å²) in [6, 6.07) is 3.07. The third-order valence-corrected chi connectivity index (χ3v) is 2.25. The molecule has 1 aromatic rings. The second kappa shape index (κ2) is 3.82. The maximum absolute atomic E-state index is 10.6. The van der Waals surface area contributed by atoms with Gasteiger partial charge in [-0.1, -0.05) is 0 Å². The van der Waals surface area contributed by atoms with Crippen LogP contribution in [0.15, 0.2) is 12.1 Å². The summed E-state index contributed by atoms with van der Waals surface area (Å²) >= 11 is 0. The van der Waals surface area contributed by atoms with Crippen molar-refractivity contribution in [3.63, 3.8) is 0 Å². The van der Waals surface area contributed by atoms with Crippen LogP contribution in [0.2, 0.25) is 0 Å². The zero-order valence-electron chi connectivity index (χ0n) is 8.34. The molecule has 1 fully saturated rings. The SMILES string of the molecule is Cc1nc(N2CCCO2)ccc1[N+](=O)[O-]. The Kier molecular flexibility index (Phi) is 2.51. The standard InChI is InChI=1S/C9H11N3O3/c1-7-8(12(13)14)3-4-9(10-7)11-5-2-6-15-11/h3-4H,2,5-6H2,1H3. The molecule has 0 radical (unpaired) electrons. The fourth-order valence-electron chi connectivity index (χ4n) is 1.50. The maximum Gasteiger partial charge on any atom is 0.290 e. The largest absolute Gasteiger partial charge is 0.290 e. The van der Waals surface area contributed by atoms with E-state index in [1.807, 2.05) is 0 Å². The molecule has 15 heavy (non-hydrogen) atoms. The number of rotatable bonds is 2. The first kappa shape index (κ1) is 9.85. The van der Waals surface area contributed by atoms with E-state index in [1.165, 1.54) is 6.07 Å². The van der Waals surface area contributed by atoms with Gasteiger partial charge in [0.1, 0.15) is 5.69 Å². The minimum atomic E-state index is -0.434. The third-order valence-electron chi connectivity index (χ3n) is 2.25. The Morgan fingerprint density at radius 1 is 1.60 bits per heavy atom. The van der Waals surface area contributed by atoms with Crippen molar-refractivity contribution in [3.05, 3.63) is 27.9 Å². The summed E-state index contributed by atoms with van der Waals surface area (Å²) in [4.78, 5) is 19.6. The molecular weight excluding hydrogens is 198 g/mol. The van der Waals surface area contributed by atoms with Gasteiger partial charge in [-0.25, -0.2) is 10.0 Å². The van der Waals surface area contributed by atoms with E-state index in [4.69, 9.17) is 4.84 Å². The summed E-state index contributed by atoms with van der Waals surface area (Å²) in [5, 5.41) is 12.2. The van der Waals surface area contributed by atoms with Crippen LogP contribution in [0.25, 0.3) is 0 Å². The lowest BCUT2D eigenvalue weighted by atomic mass is 10.3. The Labute approximate surface area is 86.6 Å². The molecule has 2 heterocycles. The molecule has 1 aliphatic heterocycles. The summed E-state index contributed by atoms with van der Waals surface area (Å²) in [6.07, 6.45) is 0.956. The molecular formula is C9H11N3O3. The molecule has 1 aliphatic rings.